The van der Waals surface area contributed by atoms with E-state index in [-0.39, 0.29) is 18.6 Å². The highest BCUT2D eigenvalue weighted by Crippen LogP contribution is 2.26. The van der Waals surface area contributed by atoms with Crippen molar-refractivity contribution in [3.05, 3.63) is 94.0 Å². The Morgan fingerprint density at radius 2 is 1.97 bits per heavy atom. The molecule has 1 N–H and O–H groups in total. The molecule has 5 nitrogen and oxygen atoms in total. The van der Waals surface area contributed by atoms with Gasteiger partial charge in [0.05, 0.1) is 6.04 Å². The van der Waals surface area contributed by atoms with E-state index in [9.17, 15) is 4.79 Å². The fourth-order valence-corrected chi connectivity index (χ4v) is 3.91. The van der Waals surface area contributed by atoms with Gasteiger partial charge in [-0.2, -0.15) is 0 Å². The van der Waals surface area contributed by atoms with Crippen molar-refractivity contribution in [1.82, 2.24) is 10.2 Å². The van der Waals surface area contributed by atoms with Crippen LogP contribution in [-0.4, -0.2) is 15.9 Å². The monoisotopic (exact) mass is 482 g/mol. The first-order valence-electron chi connectivity index (χ1n) is 9.39. The molecule has 2 heterocycles. The van der Waals surface area contributed by atoms with Crippen LogP contribution in [-0.2, 0) is 11.4 Å². The maximum atomic E-state index is 12.9. The van der Waals surface area contributed by atoms with Gasteiger partial charge in [-0.05, 0) is 55.0 Å². The third-order valence-corrected chi connectivity index (χ3v) is 5.52. The van der Waals surface area contributed by atoms with Gasteiger partial charge in [0, 0.05) is 10.5 Å². The summed E-state index contributed by atoms with van der Waals surface area (Å²) in [5, 5.41) is 3.38. The van der Waals surface area contributed by atoms with Crippen LogP contribution in [0.2, 0.25) is 0 Å². The highest BCUT2D eigenvalue weighted by atomic mass is 79.9. The number of hydrogen-bond donors (Lipinski definition) is 1. The van der Waals surface area contributed by atoms with Gasteiger partial charge in [0.1, 0.15) is 29.6 Å². The second-order valence-corrected chi connectivity index (χ2v) is 8.10. The fraction of sp³-hybridized carbons (Fsp3) is 0.130. The van der Waals surface area contributed by atoms with Crippen LogP contribution in [0.3, 0.4) is 0 Å². The largest absolute Gasteiger partial charge is 0.486 e. The maximum absolute atomic E-state index is 12.9. The van der Waals surface area contributed by atoms with Crippen molar-refractivity contribution in [2.45, 2.75) is 19.6 Å². The van der Waals surface area contributed by atoms with Gasteiger partial charge in [0.15, 0.2) is 5.11 Å². The Bertz CT molecular complexity index is 1110. The Kier molecular flexibility index (Phi) is 6.01. The van der Waals surface area contributed by atoms with E-state index in [1.165, 1.54) is 0 Å². The number of carbonyl (C=O) groups excluding carboxylic acids is 1. The number of ether oxygens (including phenoxy) is 1. The zero-order valence-electron chi connectivity index (χ0n) is 16.2. The van der Waals surface area contributed by atoms with Gasteiger partial charge < -0.3 is 14.5 Å². The van der Waals surface area contributed by atoms with Crippen LogP contribution in [0.1, 0.15) is 30.0 Å². The van der Waals surface area contributed by atoms with E-state index < -0.39 is 0 Å². The normalized spacial score (nSPS) is 16.1. The molecule has 1 fully saturated rings. The smallest absolute Gasteiger partial charge is 0.277 e. The highest BCUT2D eigenvalue weighted by molar-refractivity contribution is 9.10. The summed E-state index contributed by atoms with van der Waals surface area (Å²) in [4.78, 5) is 14.5. The Morgan fingerprint density at radius 1 is 1.17 bits per heavy atom. The van der Waals surface area contributed by atoms with Crippen molar-refractivity contribution < 1.29 is 13.9 Å². The van der Waals surface area contributed by atoms with E-state index >= 15 is 0 Å². The average molecular weight is 483 g/mol. The van der Waals surface area contributed by atoms with Crippen LogP contribution in [0, 0.1) is 0 Å². The molecule has 1 unspecified atom stereocenters. The fourth-order valence-electron chi connectivity index (χ4n) is 3.18. The number of hydrogen-bond acceptors (Lipinski definition) is 4. The molecule has 0 radical (unpaired) electrons. The lowest BCUT2D eigenvalue weighted by molar-refractivity contribution is -0.123. The van der Waals surface area contributed by atoms with E-state index in [0.29, 0.717) is 22.3 Å². The van der Waals surface area contributed by atoms with Crippen molar-refractivity contribution in [3.63, 3.8) is 0 Å². The van der Waals surface area contributed by atoms with Gasteiger partial charge in [-0.3, -0.25) is 9.69 Å². The average Bonchev–Trinajstić information content (AvgIpc) is 3.30. The SMILES string of the molecule is CC(c1ccccc1)N1C(=O)/C(=C/c2ccc(COc3cccc(Br)c3)o2)NC1=S. The number of nitrogens with one attached hydrogen (secondary N) is 1. The molecule has 152 valence electrons. The summed E-state index contributed by atoms with van der Waals surface area (Å²) in [6.45, 7) is 2.24. The van der Waals surface area contributed by atoms with E-state index in [0.717, 1.165) is 15.8 Å². The molecule has 3 aromatic rings. The Hall–Kier alpha value is -2.90. The van der Waals surface area contributed by atoms with Crippen molar-refractivity contribution in [2.24, 2.45) is 0 Å². The molecule has 1 atom stereocenters. The molecule has 7 heteroatoms. The molecule has 1 amide bonds. The first-order chi connectivity index (χ1) is 14.5. The minimum absolute atomic E-state index is 0.171. The molecule has 1 aliphatic rings. The number of halogens is 1. The minimum Gasteiger partial charge on any atom is -0.486 e. The molecule has 2 aromatic carbocycles. The van der Waals surface area contributed by atoms with Gasteiger partial charge in [0.2, 0.25) is 0 Å². The van der Waals surface area contributed by atoms with Crippen LogP contribution in [0.5, 0.6) is 5.75 Å². The third-order valence-electron chi connectivity index (χ3n) is 4.73. The zero-order valence-corrected chi connectivity index (χ0v) is 18.6. The summed E-state index contributed by atoms with van der Waals surface area (Å²) in [6.07, 6.45) is 1.66. The lowest BCUT2D eigenvalue weighted by atomic mass is 10.1. The number of benzene rings is 2. The number of carbonyl (C=O) groups is 1. The molecule has 0 bridgehead atoms. The van der Waals surface area contributed by atoms with Crippen molar-refractivity contribution in [2.75, 3.05) is 0 Å². The van der Waals surface area contributed by atoms with Crippen LogP contribution in [0.25, 0.3) is 6.08 Å². The van der Waals surface area contributed by atoms with Crippen molar-refractivity contribution in [1.29, 1.82) is 0 Å². The molecule has 0 spiro atoms. The summed E-state index contributed by atoms with van der Waals surface area (Å²) >= 11 is 8.81. The van der Waals surface area contributed by atoms with E-state index in [4.69, 9.17) is 21.4 Å². The van der Waals surface area contributed by atoms with E-state index in [2.05, 4.69) is 21.2 Å². The lowest BCUT2D eigenvalue weighted by Crippen LogP contribution is -2.33. The van der Waals surface area contributed by atoms with Crippen molar-refractivity contribution >= 4 is 45.2 Å². The number of furan rings is 1. The lowest BCUT2D eigenvalue weighted by Gasteiger charge is -2.23. The van der Waals surface area contributed by atoms with Crippen LogP contribution >= 0.6 is 28.1 Å². The highest BCUT2D eigenvalue weighted by Gasteiger charge is 2.35. The van der Waals surface area contributed by atoms with Gasteiger partial charge in [-0.15, -0.1) is 0 Å². The van der Waals surface area contributed by atoms with Crippen LogP contribution in [0.15, 0.2) is 81.3 Å². The summed E-state index contributed by atoms with van der Waals surface area (Å²) in [5.41, 5.74) is 1.40. The Balaban J connectivity index is 1.45. The quantitative estimate of drug-likeness (QED) is 0.374. The van der Waals surface area contributed by atoms with Gasteiger partial charge in [0.25, 0.3) is 5.91 Å². The van der Waals surface area contributed by atoms with E-state index in [1.807, 2.05) is 67.6 Å². The zero-order chi connectivity index (χ0) is 21.1. The first-order valence-corrected chi connectivity index (χ1v) is 10.6. The predicted octanol–water partition coefficient (Wildman–Crippen LogP) is 5.44. The summed E-state index contributed by atoms with van der Waals surface area (Å²) < 4.78 is 12.5. The van der Waals surface area contributed by atoms with Crippen LogP contribution in [0.4, 0.5) is 0 Å². The number of amides is 1. The molecular weight excluding hydrogens is 464 g/mol. The molecule has 0 saturated carbocycles. The Morgan fingerprint density at radius 3 is 2.73 bits per heavy atom. The first kappa shape index (κ1) is 20.4. The topological polar surface area (TPSA) is 54.7 Å². The summed E-state index contributed by atoms with van der Waals surface area (Å²) in [6, 6.07) is 20.8. The van der Waals surface area contributed by atoms with Crippen molar-refractivity contribution in [3.8, 4) is 5.75 Å². The third kappa shape index (κ3) is 4.47. The van der Waals surface area contributed by atoms with Crippen LogP contribution < -0.4 is 10.1 Å². The van der Waals surface area contributed by atoms with E-state index in [1.54, 1.807) is 17.0 Å². The second kappa shape index (κ2) is 8.85. The molecule has 30 heavy (non-hydrogen) atoms. The minimum atomic E-state index is -0.181. The van der Waals surface area contributed by atoms with Gasteiger partial charge in [-0.1, -0.05) is 52.3 Å². The number of rotatable bonds is 6. The Labute approximate surface area is 188 Å². The molecule has 1 aliphatic heterocycles. The maximum Gasteiger partial charge on any atom is 0.277 e. The predicted molar refractivity (Wildman–Crippen MR) is 123 cm³/mol. The molecule has 1 aromatic heterocycles. The summed E-state index contributed by atoms with van der Waals surface area (Å²) in [5.74, 6) is 1.77. The second-order valence-electron chi connectivity index (χ2n) is 6.80. The molecule has 4 rings (SSSR count). The summed E-state index contributed by atoms with van der Waals surface area (Å²) in [7, 11) is 0. The standard InChI is InChI=1S/C23H19BrN2O3S/c1-15(16-6-3-2-4-7-16)26-22(27)21(25-23(26)30)13-19-10-11-20(29-19)14-28-18-9-5-8-17(24)12-18/h2-13,15H,14H2,1H3,(H,25,30)/b21-13-. The molecular formula is C23H19BrN2O3S. The number of nitrogens with zero attached hydrogens (tertiary/aromatic N) is 1. The molecule has 0 aliphatic carbocycles. The van der Waals surface area contributed by atoms with Gasteiger partial charge >= 0.3 is 0 Å². The molecule has 1 saturated heterocycles. The van der Waals surface area contributed by atoms with Gasteiger partial charge in [-0.25, -0.2) is 0 Å². The number of thiocarbonyl (C=S) groups is 1.